The summed E-state index contributed by atoms with van der Waals surface area (Å²) in [5.74, 6) is -0.193. The molecule has 4 nitrogen and oxygen atoms in total. The molecule has 0 saturated carbocycles. The van der Waals surface area contributed by atoms with Crippen molar-refractivity contribution < 1.29 is 9.59 Å². The molecule has 0 fully saturated rings. The zero-order valence-corrected chi connectivity index (χ0v) is 12.2. The Balaban J connectivity index is 3.88. The molecule has 0 aliphatic rings. The second-order valence-electron chi connectivity index (χ2n) is 5.23. The number of amides is 2. The Hall–Kier alpha value is -1.06. The van der Waals surface area contributed by atoms with Crippen molar-refractivity contribution in [1.82, 2.24) is 10.6 Å². The van der Waals surface area contributed by atoms with Crippen molar-refractivity contribution in [3.8, 4) is 0 Å². The highest BCUT2D eigenvalue weighted by molar-refractivity contribution is 6.35. The number of hydrogen-bond donors (Lipinski definition) is 2. The maximum atomic E-state index is 11.5. The van der Waals surface area contributed by atoms with E-state index in [4.69, 9.17) is 0 Å². The van der Waals surface area contributed by atoms with Crippen LogP contribution in [0.5, 0.6) is 0 Å². The average Bonchev–Trinajstić information content (AvgIpc) is 2.35. The molecule has 0 aromatic heterocycles. The van der Waals surface area contributed by atoms with Crippen LogP contribution in [-0.4, -0.2) is 24.9 Å². The average molecular weight is 256 g/mol. The Morgan fingerprint density at radius 3 is 2.00 bits per heavy atom. The van der Waals surface area contributed by atoms with Gasteiger partial charge >= 0.3 is 11.8 Å². The number of rotatable bonds is 8. The van der Waals surface area contributed by atoms with E-state index in [0.717, 1.165) is 12.8 Å². The first-order chi connectivity index (χ1) is 8.51. The van der Waals surface area contributed by atoms with Gasteiger partial charge in [-0.3, -0.25) is 9.59 Å². The van der Waals surface area contributed by atoms with E-state index < -0.39 is 11.8 Å². The van der Waals surface area contributed by atoms with E-state index in [2.05, 4.69) is 24.5 Å². The van der Waals surface area contributed by atoms with Crippen LogP contribution in [0.2, 0.25) is 0 Å². The third-order valence-electron chi connectivity index (χ3n) is 2.97. The fraction of sp³-hybridized carbons (Fsp3) is 0.857. The fourth-order valence-corrected chi connectivity index (χ4v) is 1.64. The number of carbonyl (C=O) groups is 2. The van der Waals surface area contributed by atoms with Crippen molar-refractivity contribution in [3.63, 3.8) is 0 Å². The minimum atomic E-state index is -0.519. The van der Waals surface area contributed by atoms with Crippen molar-refractivity contribution in [1.29, 1.82) is 0 Å². The molecule has 4 heteroatoms. The zero-order valence-electron chi connectivity index (χ0n) is 12.2. The molecule has 2 N–H and O–H groups in total. The van der Waals surface area contributed by atoms with E-state index in [-0.39, 0.29) is 0 Å². The van der Waals surface area contributed by atoms with Gasteiger partial charge in [0.25, 0.3) is 0 Å². The molecule has 0 aliphatic heterocycles. The lowest BCUT2D eigenvalue weighted by Crippen LogP contribution is -2.42. The minimum Gasteiger partial charge on any atom is -0.348 e. The van der Waals surface area contributed by atoms with E-state index >= 15 is 0 Å². The second-order valence-corrected chi connectivity index (χ2v) is 5.23. The van der Waals surface area contributed by atoms with Crippen LogP contribution in [0.1, 0.15) is 53.4 Å². The van der Waals surface area contributed by atoms with Crippen LogP contribution in [0.3, 0.4) is 0 Å². The summed E-state index contributed by atoms with van der Waals surface area (Å²) < 4.78 is 0. The van der Waals surface area contributed by atoms with Gasteiger partial charge in [0.1, 0.15) is 0 Å². The van der Waals surface area contributed by atoms with Crippen LogP contribution in [0.15, 0.2) is 0 Å². The summed E-state index contributed by atoms with van der Waals surface area (Å²) >= 11 is 0. The largest absolute Gasteiger partial charge is 0.348 e. The van der Waals surface area contributed by atoms with Crippen LogP contribution in [-0.2, 0) is 9.59 Å². The number of nitrogens with one attached hydrogen (secondary N) is 2. The van der Waals surface area contributed by atoms with E-state index in [1.165, 1.54) is 12.8 Å². The molecule has 2 amide bonds. The molecule has 18 heavy (non-hydrogen) atoms. The van der Waals surface area contributed by atoms with Gasteiger partial charge < -0.3 is 10.6 Å². The van der Waals surface area contributed by atoms with Crippen molar-refractivity contribution in [3.05, 3.63) is 0 Å². The fourth-order valence-electron chi connectivity index (χ4n) is 1.64. The predicted octanol–water partition coefficient (Wildman–Crippen LogP) is 2.09. The quantitative estimate of drug-likeness (QED) is 0.653. The highest BCUT2D eigenvalue weighted by atomic mass is 16.2. The summed E-state index contributed by atoms with van der Waals surface area (Å²) in [4.78, 5) is 23.0. The van der Waals surface area contributed by atoms with Crippen LogP contribution >= 0.6 is 0 Å². The van der Waals surface area contributed by atoms with Gasteiger partial charge in [0.15, 0.2) is 0 Å². The lowest BCUT2D eigenvalue weighted by molar-refractivity contribution is -0.139. The van der Waals surface area contributed by atoms with Gasteiger partial charge in [-0.15, -0.1) is 0 Å². The summed E-state index contributed by atoms with van der Waals surface area (Å²) in [5, 5.41) is 5.33. The molecule has 0 aromatic carbocycles. The third-order valence-corrected chi connectivity index (χ3v) is 2.97. The molecule has 0 rings (SSSR count). The Morgan fingerprint density at radius 2 is 1.56 bits per heavy atom. The summed E-state index contributed by atoms with van der Waals surface area (Å²) in [6, 6.07) is 0. The Labute approximate surface area is 111 Å². The lowest BCUT2D eigenvalue weighted by atomic mass is 9.99. The maximum absolute atomic E-state index is 11.5. The van der Waals surface area contributed by atoms with E-state index in [1.807, 2.05) is 13.8 Å². The van der Waals surface area contributed by atoms with Crippen LogP contribution in [0.25, 0.3) is 0 Å². The molecule has 0 unspecified atom stereocenters. The molecular formula is C14H28N2O2. The molecule has 0 saturated heterocycles. The molecule has 0 aromatic rings. The van der Waals surface area contributed by atoms with Gasteiger partial charge in [-0.25, -0.2) is 0 Å². The van der Waals surface area contributed by atoms with Gasteiger partial charge in [-0.2, -0.15) is 0 Å². The smallest absolute Gasteiger partial charge is 0.309 e. The van der Waals surface area contributed by atoms with Crippen molar-refractivity contribution >= 4 is 11.8 Å². The number of carbonyl (C=O) groups excluding carboxylic acids is 2. The van der Waals surface area contributed by atoms with E-state index in [1.54, 1.807) is 0 Å². The van der Waals surface area contributed by atoms with Crippen LogP contribution in [0.4, 0.5) is 0 Å². The molecular weight excluding hydrogens is 228 g/mol. The first-order valence-electron chi connectivity index (χ1n) is 7.07. The topological polar surface area (TPSA) is 58.2 Å². The molecule has 0 heterocycles. The highest BCUT2D eigenvalue weighted by Crippen LogP contribution is 2.10. The monoisotopic (exact) mass is 256 g/mol. The predicted molar refractivity (Wildman–Crippen MR) is 74.2 cm³/mol. The van der Waals surface area contributed by atoms with Gasteiger partial charge in [-0.05, 0) is 18.3 Å². The van der Waals surface area contributed by atoms with E-state index in [9.17, 15) is 9.59 Å². The van der Waals surface area contributed by atoms with Gasteiger partial charge in [0, 0.05) is 13.1 Å². The summed E-state index contributed by atoms with van der Waals surface area (Å²) in [5.41, 5.74) is 0. The Morgan fingerprint density at radius 1 is 1.00 bits per heavy atom. The highest BCUT2D eigenvalue weighted by Gasteiger charge is 2.14. The third kappa shape index (κ3) is 8.09. The maximum Gasteiger partial charge on any atom is 0.309 e. The second kappa shape index (κ2) is 9.92. The molecule has 106 valence electrons. The standard InChI is InChI=1S/C14H28N2O2/c1-5-7-8-12(6-2)10-16-14(18)13(17)15-9-11(3)4/h11-12H,5-10H2,1-4H3,(H,15,17)(H,16,18)/t12-/m0/s1. The summed E-state index contributed by atoms with van der Waals surface area (Å²) in [7, 11) is 0. The minimum absolute atomic E-state index is 0.356. The lowest BCUT2D eigenvalue weighted by Gasteiger charge is -2.15. The summed E-state index contributed by atoms with van der Waals surface area (Å²) in [6.07, 6.45) is 4.49. The molecule has 0 bridgehead atoms. The molecule has 0 aliphatic carbocycles. The summed E-state index contributed by atoms with van der Waals surface area (Å²) in [6.45, 7) is 9.41. The normalized spacial score (nSPS) is 12.3. The van der Waals surface area contributed by atoms with Gasteiger partial charge in [0.05, 0.1) is 0 Å². The Bertz CT molecular complexity index is 252. The van der Waals surface area contributed by atoms with E-state index in [0.29, 0.717) is 24.9 Å². The molecule has 1 atom stereocenters. The molecule has 0 radical (unpaired) electrons. The van der Waals surface area contributed by atoms with Crippen molar-refractivity contribution in [2.24, 2.45) is 11.8 Å². The Kier molecular flexibility index (Phi) is 9.33. The van der Waals surface area contributed by atoms with Crippen molar-refractivity contribution in [2.45, 2.75) is 53.4 Å². The SMILES string of the molecule is CCCC[C@H](CC)CNC(=O)C(=O)NCC(C)C. The van der Waals surface area contributed by atoms with Crippen LogP contribution < -0.4 is 10.6 Å². The van der Waals surface area contributed by atoms with Gasteiger partial charge in [-0.1, -0.05) is 47.0 Å². The van der Waals surface area contributed by atoms with Crippen LogP contribution in [0, 0.1) is 11.8 Å². The zero-order chi connectivity index (χ0) is 14.0. The number of hydrogen-bond acceptors (Lipinski definition) is 2. The van der Waals surface area contributed by atoms with Crippen molar-refractivity contribution in [2.75, 3.05) is 13.1 Å². The first-order valence-corrected chi connectivity index (χ1v) is 7.07. The first kappa shape index (κ1) is 16.9. The van der Waals surface area contributed by atoms with Gasteiger partial charge in [0.2, 0.25) is 0 Å². The number of unbranched alkanes of at least 4 members (excludes halogenated alkanes) is 1. The molecule has 0 spiro atoms.